The van der Waals surface area contributed by atoms with E-state index < -0.39 is 15.9 Å². The van der Waals surface area contributed by atoms with Crippen molar-refractivity contribution in [1.29, 1.82) is 0 Å². The number of piperidine rings is 1. The fourth-order valence-corrected chi connectivity index (χ4v) is 5.13. The highest BCUT2D eigenvalue weighted by Crippen LogP contribution is 2.27. The number of carbonyl (C=O) groups excluding carboxylic acids is 1. The first-order chi connectivity index (χ1) is 13.7. The molecular weight excluding hydrogens is 408 g/mol. The van der Waals surface area contributed by atoms with E-state index in [2.05, 4.69) is 12.2 Å². The molecule has 29 heavy (non-hydrogen) atoms. The molecule has 3 rings (SSSR count). The van der Waals surface area contributed by atoms with Gasteiger partial charge in [-0.05, 0) is 56.4 Å². The van der Waals surface area contributed by atoms with Gasteiger partial charge in [-0.25, -0.2) is 8.42 Å². The second-order valence-electron chi connectivity index (χ2n) is 7.83. The maximum Gasteiger partial charge on any atom is 0.253 e. The monoisotopic (exact) mass is 434 g/mol. The normalized spacial score (nSPS) is 17.1. The number of nitrogens with one attached hydrogen (secondary N) is 1. The predicted molar refractivity (Wildman–Crippen MR) is 116 cm³/mol. The van der Waals surface area contributed by atoms with Crippen molar-refractivity contribution < 1.29 is 13.2 Å². The second-order valence-corrected chi connectivity index (χ2v) is 10.2. The molecule has 1 aliphatic rings. The number of halogens is 1. The molecule has 0 bridgehead atoms. The molecule has 0 aliphatic carbocycles. The molecule has 2 aromatic carbocycles. The average Bonchev–Trinajstić information content (AvgIpc) is 2.68. The molecule has 0 saturated carbocycles. The Labute approximate surface area is 178 Å². The SMILES string of the molecule is Cc1ccc(C(C)NC(=O)c2cc(S(=O)(=O)N3CCC(C)CC3)ccc2Cl)cc1. The van der Waals surface area contributed by atoms with Gasteiger partial charge in [0.25, 0.3) is 5.91 Å². The number of aryl methyl sites for hydroxylation is 1. The van der Waals surface area contributed by atoms with Crippen LogP contribution < -0.4 is 5.32 Å². The predicted octanol–water partition coefficient (Wildman–Crippen LogP) is 4.56. The van der Waals surface area contributed by atoms with E-state index in [4.69, 9.17) is 11.6 Å². The zero-order valence-electron chi connectivity index (χ0n) is 17.0. The summed E-state index contributed by atoms with van der Waals surface area (Å²) in [4.78, 5) is 12.9. The molecule has 5 nitrogen and oxygen atoms in total. The van der Waals surface area contributed by atoms with Crippen molar-refractivity contribution in [2.24, 2.45) is 5.92 Å². The molecular formula is C22H27ClN2O3S. The standard InChI is InChI=1S/C22H27ClN2O3S/c1-15-4-6-18(7-5-15)17(3)24-22(26)20-14-19(8-9-21(20)23)29(27,28)25-12-10-16(2)11-13-25/h4-9,14,16-17H,10-13H2,1-3H3,(H,24,26). The van der Waals surface area contributed by atoms with E-state index in [0.29, 0.717) is 19.0 Å². The highest BCUT2D eigenvalue weighted by Gasteiger charge is 2.29. The second kappa shape index (κ2) is 8.86. The molecule has 1 fully saturated rings. The van der Waals surface area contributed by atoms with Gasteiger partial charge in [0.2, 0.25) is 10.0 Å². The van der Waals surface area contributed by atoms with Crippen LogP contribution >= 0.6 is 11.6 Å². The first kappa shape index (κ1) is 21.8. The Balaban J connectivity index is 1.81. The molecule has 0 radical (unpaired) electrons. The fourth-order valence-electron chi connectivity index (χ4n) is 3.43. The van der Waals surface area contributed by atoms with Crippen LogP contribution in [-0.4, -0.2) is 31.7 Å². The van der Waals surface area contributed by atoms with E-state index in [9.17, 15) is 13.2 Å². The van der Waals surface area contributed by atoms with E-state index in [1.54, 1.807) is 0 Å². The van der Waals surface area contributed by atoms with Crippen LogP contribution in [0.4, 0.5) is 0 Å². The zero-order valence-corrected chi connectivity index (χ0v) is 18.6. The third kappa shape index (κ3) is 5.00. The van der Waals surface area contributed by atoms with Crippen LogP contribution in [-0.2, 0) is 10.0 Å². The number of hydrogen-bond acceptors (Lipinski definition) is 3. The smallest absolute Gasteiger partial charge is 0.253 e. The van der Waals surface area contributed by atoms with Gasteiger partial charge in [-0.2, -0.15) is 4.31 Å². The van der Waals surface area contributed by atoms with Crippen molar-refractivity contribution in [3.8, 4) is 0 Å². The zero-order chi connectivity index (χ0) is 21.2. The van der Waals surface area contributed by atoms with Crippen molar-refractivity contribution in [3.05, 3.63) is 64.2 Å². The summed E-state index contributed by atoms with van der Waals surface area (Å²) in [7, 11) is -3.65. The Morgan fingerprint density at radius 3 is 2.38 bits per heavy atom. The highest BCUT2D eigenvalue weighted by molar-refractivity contribution is 7.89. The molecule has 1 unspecified atom stereocenters. The molecule has 1 aliphatic heterocycles. The van der Waals surface area contributed by atoms with Crippen LogP contribution in [0.25, 0.3) is 0 Å². The Hall–Kier alpha value is -1.89. The Morgan fingerprint density at radius 1 is 1.14 bits per heavy atom. The maximum atomic E-state index is 13.0. The van der Waals surface area contributed by atoms with Crippen molar-refractivity contribution in [1.82, 2.24) is 9.62 Å². The molecule has 1 saturated heterocycles. The number of nitrogens with zero attached hydrogens (tertiary/aromatic N) is 1. The minimum atomic E-state index is -3.65. The van der Waals surface area contributed by atoms with Gasteiger partial charge in [-0.3, -0.25) is 4.79 Å². The first-order valence-corrected chi connectivity index (χ1v) is 11.7. The van der Waals surface area contributed by atoms with Crippen LogP contribution in [0.1, 0.15) is 54.2 Å². The first-order valence-electron chi connectivity index (χ1n) is 9.85. The number of carbonyl (C=O) groups is 1. The van der Waals surface area contributed by atoms with Crippen LogP contribution in [0.5, 0.6) is 0 Å². The third-order valence-electron chi connectivity index (χ3n) is 5.49. The molecule has 1 N–H and O–H groups in total. The lowest BCUT2D eigenvalue weighted by Crippen LogP contribution is -2.38. The number of benzene rings is 2. The quantitative estimate of drug-likeness (QED) is 0.750. The van der Waals surface area contributed by atoms with E-state index in [0.717, 1.165) is 24.0 Å². The van der Waals surface area contributed by atoms with Gasteiger partial charge in [0.1, 0.15) is 0 Å². The van der Waals surface area contributed by atoms with Crippen molar-refractivity contribution in [2.75, 3.05) is 13.1 Å². The van der Waals surface area contributed by atoms with Gasteiger partial charge in [-0.1, -0.05) is 48.4 Å². The molecule has 7 heteroatoms. The molecule has 0 aromatic heterocycles. The summed E-state index contributed by atoms with van der Waals surface area (Å²) in [5.41, 5.74) is 2.27. The van der Waals surface area contributed by atoms with Crippen LogP contribution in [0, 0.1) is 12.8 Å². The molecule has 0 spiro atoms. The lowest BCUT2D eigenvalue weighted by molar-refractivity contribution is 0.0940. The molecule has 1 heterocycles. The third-order valence-corrected chi connectivity index (χ3v) is 7.71. The number of hydrogen-bond donors (Lipinski definition) is 1. The van der Waals surface area contributed by atoms with Gasteiger partial charge in [0.15, 0.2) is 0 Å². The van der Waals surface area contributed by atoms with E-state index in [1.807, 2.05) is 38.1 Å². The summed E-state index contributed by atoms with van der Waals surface area (Å²) in [5.74, 6) is 0.128. The molecule has 2 aromatic rings. The topological polar surface area (TPSA) is 66.5 Å². The van der Waals surface area contributed by atoms with Crippen molar-refractivity contribution in [2.45, 2.75) is 44.6 Å². The Kier molecular flexibility index (Phi) is 6.66. The Bertz CT molecular complexity index is 982. The van der Waals surface area contributed by atoms with Gasteiger partial charge in [0, 0.05) is 13.1 Å². The summed E-state index contributed by atoms with van der Waals surface area (Å²) in [5, 5.41) is 3.13. The van der Waals surface area contributed by atoms with Crippen LogP contribution in [0.3, 0.4) is 0 Å². The maximum absolute atomic E-state index is 13.0. The van der Waals surface area contributed by atoms with Gasteiger partial charge in [-0.15, -0.1) is 0 Å². The minimum absolute atomic E-state index is 0.101. The van der Waals surface area contributed by atoms with Crippen LogP contribution in [0.2, 0.25) is 5.02 Å². The van der Waals surface area contributed by atoms with Crippen LogP contribution in [0.15, 0.2) is 47.4 Å². The fraction of sp³-hybridized carbons (Fsp3) is 0.409. The molecule has 1 atom stereocenters. The summed E-state index contributed by atoms with van der Waals surface area (Å²) in [6.07, 6.45) is 1.68. The lowest BCUT2D eigenvalue weighted by atomic mass is 10.0. The van der Waals surface area contributed by atoms with Gasteiger partial charge < -0.3 is 5.32 Å². The summed E-state index contributed by atoms with van der Waals surface area (Å²) in [6.45, 7) is 7.01. The van der Waals surface area contributed by atoms with E-state index in [1.165, 1.54) is 22.5 Å². The van der Waals surface area contributed by atoms with Crippen molar-refractivity contribution >= 4 is 27.5 Å². The summed E-state index contributed by atoms with van der Waals surface area (Å²) < 4.78 is 27.5. The van der Waals surface area contributed by atoms with E-state index in [-0.39, 0.29) is 21.5 Å². The summed E-state index contributed by atoms with van der Waals surface area (Å²) in [6, 6.07) is 12.0. The van der Waals surface area contributed by atoms with Crippen molar-refractivity contribution in [3.63, 3.8) is 0 Å². The number of amides is 1. The van der Waals surface area contributed by atoms with E-state index >= 15 is 0 Å². The number of rotatable bonds is 5. The number of sulfonamides is 1. The Morgan fingerprint density at radius 2 is 1.76 bits per heavy atom. The minimum Gasteiger partial charge on any atom is -0.345 e. The van der Waals surface area contributed by atoms with Gasteiger partial charge >= 0.3 is 0 Å². The largest absolute Gasteiger partial charge is 0.345 e. The average molecular weight is 435 g/mol. The molecule has 156 valence electrons. The lowest BCUT2D eigenvalue weighted by Gasteiger charge is -2.29. The highest BCUT2D eigenvalue weighted by atomic mass is 35.5. The van der Waals surface area contributed by atoms with Gasteiger partial charge in [0.05, 0.1) is 21.5 Å². The summed E-state index contributed by atoms with van der Waals surface area (Å²) >= 11 is 6.23. The molecule has 1 amide bonds.